The van der Waals surface area contributed by atoms with E-state index in [0.29, 0.717) is 19.6 Å². The fourth-order valence-corrected chi connectivity index (χ4v) is 4.49. The van der Waals surface area contributed by atoms with Gasteiger partial charge in [-0.1, -0.05) is 36.0 Å². The van der Waals surface area contributed by atoms with Gasteiger partial charge in [-0.2, -0.15) is 5.26 Å². The SMILES string of the molecule is N#CC1(c2cccc(Sc3ccc4c(c3)C=CC(=O)C4)c2)CCOCC1.O=P(Cl)(Cl)Cl. The molecule has 2 aromatic rings. The van der Waals surface area contributed by atoms with E-state index in [2.05, 4.69) is 70.1 Å². The van der Waals surface area contributed by atoms with Crippen molar-refractivity contribution in [1.82, 2.24) is 0 Å². The third-order valence-corrected chi connectivity index (χ3v) is 6.09. The Bertz CT molecular complexity index is 1080. The molecule has 0 unspecified atom stereocenters. The molecule has 0 bridgehead atoms. The highest BCUT2D eigenvalue weighted by atomic mass is 36.0. The van der Waals surface area contributed by atoms with Crippen molar-refractivity contribution in [3.05, 3.63) is 65.2 Å². The molecule has 0 radical (unpaired) electrons. The van der Waals surface area contributed by atoms with Crippen molar-refractivity contribution >= 4 is 62.5 Å². The summed E-state index contributed by atoms with van der Waals surface area (Å²) < 4.78 is 15.0. The molecule has 9 heteroatoms. The van der Waals surface area contributed by atoms with Crippen LogP contribution in [-0.2, 0) is 25.9 Å². The second kappa shape index (κ2) is 10.6. The quantitative estimate of drug-likeness (QED) is 0.400. The number of carbonyl (C=O) groups excluding carboxylic acids is 1. The molecule has 0 aromatic heterocycles. The fourth-order valence-electron chi connectivity index (χ4n) is 3.56. The number of benzene rings is 2. The Balaban J connectivity index is 0.000000491. The van der Waals surface area contributed by atoms with Crippen molar-refractivity contribution in [2.45, 2.75) is 34.5 Å². The van der Waals surface area contributed by atoms with Crippen molar-refractivity contribution in [3.63, 3.8) is 0 Å². The van der Waals surface area contributed by atoms with Crippen LogP contribution in [0.3, 0.4) is 0 Å². The van der Waals surface area contributed by atoms with Crippen LogP contribution in [0.2, 0.25) is 0 Å². The summed E-state index contributed by atoms with van der Waals surface area (Å²) >= 11 is 15.5. The largest absolute Gasteiger partial charge is 0.381 e. The smallest absolute Gasteiger partial charge is 0.339 e. The van der Waals surface area contributed by atoms with Crippen LogP contribution in [0.1, 0.15) is 29.5 Å². The monoisotopic (exact) mass is 513 g/mol. The number of ketones is 1. The summed E-state index contributed by atoms with van der Waals surface area (Å²) in [4.78, 5) is 13.8. The maximum atomic E-state index is 11.5. The van der Waals surface area contributed by atoms with Gasteiger partial charge >= 0.3 is 5.20 Å². The van der Waals surface area contributed by atoms with Gasteiger partial charge in [-0.15, -0.1) is 0 Å². The predicted octanol–water partition coefficient (Wildman–Crippen LogP) is 7.36. The number of hydrogen-bond donors (Lipinski definition) is 0. The highest BCUT2D eigenvalue weighted by molar-refractivity contribution is 8.24. The predicted molar refractivity (Wildman–Crippen MR) is 127 cm³/mol. The van der Waals surface area contributed by atoms with E-state index in [9.17, 15) is 14.6 Å². The van der Waals surface area contributed by atoms with E-state index >= 15 is 0 Å². The van der Waals surface area contributed by atoms with E-state index < -0.39 is 10.6 Å². The summed E-state index contributed by atoms with van der Waals surface area (Å²) in [5.41, 5.74) is 2.84. The molecule has 2 aliphatic rings. The van der Waals surface area contributed by atoms with Gasteiger partial charge in [0.05, 0.1) is 11.5 Å². The number of hydrogen-bond acceptors (Lipinski definition) is 5. The van der Waals surface area contributed by atoms with Crippen LogP contribution in [0.25, 0.3) is 6.08 Å². The lowest BCUT2D eigenvalue weighted by Crippen LogP contribution is -2.32. The minimum Gasteiger partial charge on any atom is -0.381 e. The van der Waals surface area contributed by atoms with Gasteiger partial charge < -0.3 is 4.74 Å². The molecule has 0 atom stereocenters. The number of allylic oxidation sites excluding steroid dienone is 1. The fraction of sp³-hybridized carbons (Fsp3) is 0.273. The molecule has 1 heterocycles. The molecule has 0 N–H and O–H groups in total. The molecule has 4 nitrogen and oxygen atoms in total. The number of nitrogens with zero attached hydrogens (tertiary/aromatic N) is 1. The Labute approximate surface area is 200 Å². The van der Waals surface area contributed by atoms with Gasteiger partial charge in [0.25, 0.3) is 0 Å². The molecule has 0 amide bonds. The highest BCUT2D eigenvalue weighted by Gasteiger charge is 2.34. The van der Waals surface area contributed by atoms with Crippen molar-refractivity contribution < 1.29 is 14.1 Å². The van der Waals surface area contributed by atoms with Crippen LogP contribution in [0, 0.1) is 11.3 Å². The lowest BCUT2D eigenvalue weighted by molar-refractivity contribution is -0.114. The normalized spacial score (nSPS) is 17.2. The van der Waals surface area contributed by atoms with Crippen molar-refractivity contribution in [2.75, 3.05) is 13.2 Å². The summed E-state index contributed by atoms with van der Waals surface area (Å²) in [7, 11) is 0. The molecule has 4 rings (SSSR count). The number of ether oxygens (including phenoxy) is 1. The Morgan fingerprint density at radius 1 is 1.03 bits per heavy atom. The lowest BCUT2D eigenvalue weighted by atomic mass is 9.75. The molecule has 0 spiro atoms. The minimum atomic E-state index is -3.22. The van der Waals surface area contributed by atoms with Gasteiger partial charge in [0.1, 0.15) is 0 Å². The van der Waals surface area contributed by atoms with Crippen LogP contribution in [0.15, 0.2) is 58.3 Å². The third kappa shape index (κ3) is 7.12. The Morgan fingerprint density at radius 3 is 2.39 bits per heavy atom. The summed E-state index contributed by atoms with van der Waals surface area (Å²) in [6, 6.07) is 17.1. The topological polar surface area (TPSA) is 67.2 Å². The number of fused-ring (bicyclic) bond motifs is 1. The minimum absolute atomic E-state index is 0.156. The number of halogens is 3. The van der Waals surface area contributed by atoms with Crippen LogP contribution in [-0.4, -0.2) is 19.0 Å². The molecule has 1 fully saturated rings. The van der Waals surface area contributed by atoms with E-state index in [-0.39, 0.29) is 5.78 Å². The maximum absolute atomic E-state index is 11.5. The first-order valence-corrected chi connectivity index (χ1v) is 14.7. The van der Waals surface area contributed by atoms with Crippen molar-refractivity contribution in [1.29, 1.82) is 5.26 Å². The number of nitriles is 1. The molecule has 0 saturated carbocycles. The summed E-state index contributed by atoms with van der Waals surface area (Å²) in [5, 5.41) is 6.56. The van der Waals surface area contributed by atoms with Gasteiger partial charge in [-0.3, -0.25) is 9.36 Å². The molecular formula is C22H19Cl3NO3PS. The molecule has 31 heavy (non-hydrogen) atoms. The van der Waals surface area contributed by atoms with Crippen molar-refractivity contribution in [3.8, 4) is 6.07 Å². The first kappa shape index (κ1) is 24.4. The molecule has 1 aliphatic heterocycles. The zero-order valence-corrected chi connectivity index (χ0v) is 20.4. The molecular weight excluding hydrogens is 496 g/mol. The van der Waals surface area contributed by atoms with Gasteiger partial charge in [-0.05, 0) is 93.6 Å². The Hall–Kier alpha value is -1.25. The van der Waals surface area contributed by atoms with Gasteiger partial charge in [-0.25, -0.2) is 0 Å². The van der Waals surface area contributed by atoms with Crippen LogP contribution >= 0.6 is 50.7 Å². The molecule has 2 aromatic carbocycles. The van der Waals surface area contributed by atoms with Crippen LogP contribution in [0.5, 0.6) is 0 Å². The Morgan fingerprint density at radius 2 is 1.71 bits per heavy atom. The number of carbonyl (C=O) groups is 1. The average Bonchev–Trinajstić information content (AvgIpc) is 2.73. The molecule has 1 aliphatic carbocycles. The van der Waals surface area contributed by atoms with Crippen LogP contribution < -0.4 is 0 Å². The van der Waals surface area contributed by atoms with E-state index in [1.165, 1.54) is 0 Å². The summed E-state index contributed by atoms with van der Waals surface area (Å²) in [6.07, 6.45) is 5.52. The van der Waals surface area contributed by atoms with Gasteiger partial charge in [0, 0.05) is 29.4 Å². The van der Waals surface area contributed by atoms with E-state index in [1.807, 2.05) is 18.2 Å². The average molecular weight is 515 g/mol. The standard InChI is InChI=1S/C22H19NO2S.Cl3OP/c23-15-22(8-10-25-11-9-22)18-2-1-3-20(14-18)26-21-7-5-16-12-19(24)6-4-17(16)13-21;1-5(2,3)4/h1-7,13-14H,8-12H2;. The number of rotatable bonds is 3. The van der Waals surface area contributed by atoms with E-state index in [4.69, 9.17) is 4.74 Å². The van der Waals surface area contributed by atoms with Gasteiger partial charge in [0.15, 0.2) is 5.78 Å². The first-order chi connectivity index (χ1) is 14.7. The molecule has 1 saturated heterocycles. The second-order valence-electron chi connectivity index (χ2n) is 7.17. The zero-order chi connectivity index (χ0) is 22.5. The zero-order valence-electron chi connectivity index (χ0n) is 16.4. The Kier molecular flexibility index (Phi) is 8.32. The summed E-state index contributed by atoms with van der Waals surface area (Å²) in [6.45, 7) is 1.28. The highest BCUT2D eigenvalue weighted by Crippen LogP contribution is 2.61. The van der Waals surface area contributed by atoms with E-state index in [0.717, 1.165) is 39.3 Å². The van der Waals surface area contributed by atoms with Crippen molar-refractivity contribution in [2.24, 2.45) is 0 Å². The van der Waals surface area contributed by atoms with Crippen LogP contribution in [0.4, 0.5) is 0 Å². The maximum Gasteiger partial charge on any atom is 0.339 e. The second-order valence-corrected chi connectivity index (χ2v) is 15.0. The van der Waals surface area contributed by atoms with Gasteiger partial charge in [0.2, 0.25) is 0 Å². The van der Waals surface area contributed by atoms with E-state index in [1.54, 1.807) is 17.8 Å². The summed E-state index contributed by atoms with van der Waals surface area (Å²) in [5.74, 6) is 0.156. The first-order valence-electron chi connectivity index (χ1n) is 9.49. The molecule has 162 valence electrons. The lowest BCUT2D eigenvalue weighted by Gasteiger charge is -2.31. The third-order valence-electron chi connectivity index (χ3n) is 5.11.